The molecule has 3 rings (SSSR count). The van der Waals surface area contributed by atoms with E-state index >= 15 is 0 Å². The second kappa shape index (κ2) is 8.44. The molecule has 2 aromatic heterocycles. The molecule has 0 bridgehead atoms. The van der Waals surface area contributed by atoms with Gasteiger partial charge >= 0.3 is 5.97 Å². The smallest absolute Gasteiger partial charge is 0.325 e. The number of ether oxygens (including phenoxy) is 1. The fourth-order valence-electron chi connectivity index (χ4n) is 2.51. The first-order chi connectivity index (χ1) is 12.7. The molecule has 0 unspecified atom stereocenters. The Bertz CT molecular complexity index is 914. The summed E-state index contributed by atoms with van der Waals surface area (Å²) in [6.45, 7) is 2.27. The third-order valence-corrected chi connectivity index (χ3v) is 4.50. The molecule has 0 fully saturated rings. The number of imidazole rings is 1. The van der Waals surface area contributed by atoms with E-state index in [2.05, 4.69) is 4.98 Å². The van der Waals surface area contributed by atoms with Crippen LogP contribution in [0.25, 0.3) is 11.0 Å². The van der Waals surface area contributed by atoms with Gasteiger partial charge < -0.3 is 9.64 Å². The van der Waals surface area contributed by atoms with Gasteiger partial charge in [0, 0.05) is 24.2 Å². The monoisotopic (exact) mass is 369 g/mol. The van der Waals surface area contributed by atoms with E-state index in [1.807, 2.05) is 46.3 Å². The topological polar surface area (TPSA) is 63.9 Å². The summed E-state index contributed by atoms with van der Waals surface area (Å²) in [6.07, 6.45) is 6.78. The van der Waals surface area contributed by atoms with Gasteiger partial charge in [0.05, 0.1) is 18.5 Å². The number of rotatable bonds is 7. The van der Waals surface area contributed by atoms with Crippen molar-refractivity contribution in [3.05, 3.63) is 65.4 Å². The van der Waals surface area contributed by atoms with E-state index in [0.29, 0.717) is 6.54 Å². The molecule has 0 aliphatic rings. The number of thiazole rings is 1. The largest absolute Gasteiger partial charge is 0.465 e. The predicted octanol–water partition coefficient (Wildman–Crippen LogP) is 3.00. The number of hydrogen-bond donors (Lipinski definition) is 0. The van der Waals surface area contributed by atoms with E-state index in [1.165, 1.54) is 22.3 Å². The zero-order valence-corrected chi connectivity index (χ0v) is 15.2. The zero-order valence-electron chi connectivity index (χ0n) is 14.4. The lowest BCUT2D eigenvalue weighted by Crippen LogP contribution is -2.35. The van der Waals surface area contributed by atoms with Gasteiger partial charge in [-0.15, -0.1) is 11.3 Å². The highest BCUT2D eigenvalue weighted by atomic mass is 32.1. The standard InChI is InChI=1S/C19H19N3O3S/c1-2-25-18(24)14-21(13-15-6-4-3-5-7-15)17(23)9-8-16-12-20-19-22(16)10-11-26-19/h3-12H,2,13-14H2,1H3/b9-8+. The lowest BCUT2D eigenvalue weighted by atomic mass is 10.2. The van der Waals surface area contributed by atoms with Crippen molar-refractivity contribution in [3.63, 3.8) is 0 Å². The van der Waals surface area contributed by atoms with Gasteiger partial charge in [0.2, 0.25) is 5.91 Å². The van der Waals surface area contributed by atoms with Gasteiger partial charge in [0.25, 0.3) is 0 Å². The van der Waals surface area contributed by atoms with Crippen molar-refractivity contribution in [2.24, 2.45) is 0 Å². The maximum Gasteiger partial charge on any atom is 0.325 e. The van der Waals surface area contributed by atoms with Gasteiger partial charge in [-0.25, -0.2) is 4.98 Å². The second-order valence-electron chi connectivity index (χ2n) is 5.56. The number of aromatic nitrogens is 2. The number of fused-ring (bicyclic) bond motifs is 1. The normalized spacial score (nSPS) is 11.1. The van der Waals surface area contributed by atoms with Crippen LogP contribution in [-0.4, -0.2) is 39.3 Å². The van der Waals surface area contributed by atoms with E-state index in [4.69, 9.17) is 4.74 Å². The van der Waals surface area contributed by atoms with Gasteiger partial charge in [-0.2, -0.15) is 0 Å². The lowest BCUT2D eigenvalue weighted by molar-refractivity contribution is -0.148. The molecule has 0 aliphatic carbocycles. The first-order valence-electron chi connectivity index (χ1n) is 8.24. The molecule has 0 N–H and O–H groups in total. The Morgan fingerprint density at radius 2 is 2.12 bits per heavy atom. The minimum Gasteiger partial charge on any atom is -0.465 e. The fourth-order valence-corrected chi connectivity index (χ4v) is 3.21. The van der Waals surface area contributed by atoms with Crippen molar-refractivity contribution in [1.82, 2.24) is 14.3 Å². The van der Waals surface area contributed by atoms with Crippen LogP contribution in [0.5, 0.6) is 0 Å². The van der Waals surface area contributed by atoms with Crippen molar-refractivity contribution in [2.45, 2.75) is 13.5 Å². The zero-order chi connectivity index (χ0) is 18.4. The first kappa shape index (κ1) is 17.9. The van der Waals surface area contributed by atoms with Crippen LogP contribution in [0.15, 0.2) is 54.2 Å². The summed E-state index contributed by atoms with van der Waals surface area (Å²) in [5.41, 5.74) is 1.76. The molecule has 2 heterocycles. The quantitative estimate of drug-likeness (QED) is 0.474. The Kier molecular flexibility index (Phi) is 5.80. The molecule has 6 nitrogen and oxygen atoms in total. The van der Waals surface area contributed by atoms with Crippen molar-refractivity contribution in [3.8, 4) is 0 Å². The molecule has 1 amide bonds. The van der Waals surface area contributed by atoms with Gasteiger partial charge in [-0.05, 0) is 18.6 Å². The molecule has 0 saturated heterocycles. The Labute approximate surface area is 155 Å². The van der Waals surface area contributed by atoms with Crippen LogP contribution in [0.3, 0.4) is 0 Å². The van der Waals surface area contributed by atoms with Gasteiger partial charge in [0.1, 0.15) is 6.54 Å². The summed E-state index contributed by atoms with van der Waals surface area (Å²) in [5.74, 6) is -0.679. The third-order valence-electron chi connectivity index (χ3n) is 3.72. The number of benzene rings is 1. The van der Waals surface area contributed by atoms with E-state index in [-0.39, 0.29) is 19.1 Å². The number of carbonyl (C=O) groups is 2. The molecule has 1 aromatic carbocycles. The van der Waals surface area contributed by atoms with Crippen LogP contribution in [0, 0.1) is 0 Å². The summed E-state index contributed by atoms with van der Waals surface area (Å²) in [4.78, 5) is 31.1. The Hall–Kier alpha value is -2.93. The molecule has 134 valence electrons. The number of amides is 1. The van der Waals surface area contributed by atoms with Crippen LogP contribution in [-0.2, 0) is 20.9 Å². The number of esters is 1. The first-order valence-corrected chi connectivity index (χ1v) is 9.12. The molecular formula is C19H19N3O3S. The maximum atomic E-state index is 12.7. The SMILES string of the molecule is CCOC(=O)CN(Cc1ccccc1)C(=O)/C=C/c1cnc2sccn12. The van der Waals surface area contributed by atoms with Crippen LogP contribution < -0.4 is 0 Å². The van der Waals surface area contributed by atoms with Crippen molar-refractivity contribution in [2.75, 3.05) is 13.2 Å². The Morgan fingerprint density at radius 1 is 1.31 bits per heavy atom. The highest BCUT2D eigenvalue weighted by Crippen LogP contribution is 2.14. The maximum absolute atomic E-state index is 12.7. The lowest BCUT2D eigenvalue weighted by Gasteiger charge is -2.20. The molecule has 0 atom stereocenters. The van der Waals surface area contributed by atoms with E-state index < -0.39 is 5.97 Å². The van der Waals surface area contributed by atoms with Gasteiger partial charge in [0.15, 0.2) is 4.96 Å². The van der Waals surface area contributed by atoms with Crippen LogP contribution in [0.4, 0.5) is 0 Å². The second-order valence-corrected chi connectivity index (χ2v) is 6.43. The van der Waals surface area contributed by atoms with Crippen LogP contribution in [0.1, 0.15) is 18.2 Å². The van der Waals surface area contributed by atoms with E-state index in [1.54, 1.807) is 19.2 Å². The molecule has 26 heavy (non-hydrogen) atoms. The minimum atomic E-state index is -0.422. The molecule has 3 aromatic rings. The molecular weight excluding hydrogens is 350 g/mol. The fraction of sp³-hybridized carbons (Fsp3) is 0.211. The molecule has 0 radical (unpaired) electrons. The number of hydrogen-bond acceptors (Lipinski definition) is 5. The van der Waals surface area contributed by atoms with Gasteiger partial charge in [-0.1, -0.05) is 30.3 Å². The summed E-state index contributed by atoms with van der Waals surface area (Å²) >= 11 is 1.53. The average Bonchev–Trinajstić information content (AvgIpc) is 3.24. The Morgan fingerprint density at radius 3 is 2.88 bits per heavy atom. The van der Waals surface area contributed by atoms with E-state index in [9.17, 15) is 9.59 Å². The number of nitrogens with zero attached hydrogens (tertiary/aromatic N) is 3. The number of carbonyl (C=O) groups excluding carboxylic acids is 2. The summed E-state index contributed by atoms with van der Waals surface area (Å²) in [7, 11) is 0. The van der Waals surface area contributed by atoms with Crippen LogP contribution in [0.2, 0.25) is 0 Å². The van der Waals surface area contributed by atoms with Crippen molar-refractivity contribution < 1.29 is 14.3 Å². The van der Waals surface area contributed by atoms with Gasteiger partial charge in [-0.3, -0.25) is 14.0 Å². The minimum absolute atomic E-state index is 0.0911. The molecule has 0 aliphatic heterocycles. The van der Waals surface area contributed by atoms with Crippen molar-refractivity contribution >= 4 is 34.3 Å². The average molecular weight is 369 g/mol. The third kappa shape index (κ3) is 4.37. The molecule has 0 spiro atoms. The Balaban J connectivity index is 1.75. The highest BCUT2D eigenvalue weighted by molar-refractivity contribution is 7.15. The van der Waals surface area contributed by atoms with Crippen molar-refractivity contribution in [1.29, 1.82) is 0 Å². The molecule has 7 heteroatoms. The summed E-state index contributed by atoms with van der Waals surface area (Å²) in [5, 5.41) is 1.93. The van der Waals surface area contributed by atoms with Crippen LogP contribution >= 0.6 is 11.3 Å². The predicted molar refractivity (Wildman–Crippen MR) is 101 cm³/mol. The summed E-state index contributed by atoms with van der Waals surface area (Å²) < 4.78 is 6.89. The highest BCUT2D eigenvalue weighted by Gasteiger charge is 2.16. The van der Waals surface area contributed by atoms with E-state index in [0.717, 1.165) is 16.2 Å². The summed E-state index contributed by atoms with van der Waals surface area (Å²) in [6, 6.07) is 9.55. The molecule has 0 saturated carbocycles.